The van der Waals surface area contributed by atoms with Crippen molar-refractivity contribution >= 4 is 6.08 Å². The maximum Gasteiger partial charge on any atom is 0.123 e. The van der Waals surface area contributed by atoms with E-state index in [0.717, 1.165) is 31.7 Å². The summed E-state index contributed by atoms with van der Waals surface area (Å²) in [4.78, 5) is 0. The van der Waals surface area contributed by atoms with Crippen LogP contribution in [0.15, 0.2) is 29.8 Å². The molecular weight excluding hydrogens is 217 g/mol. The maximum absolute atomic E-state index is 13.0. The van der Waals surface area contributed by atoms with Crippen LogP contribution in [-0.2, 0) is 4.74 Å². The highest BCUT2D eigenvalue weighted by molar-refractivity contribution is 5.52. The Labute approximate surface area is 101 Å². The molecular formula is C14H18FNO. The number of hydrogen-bond donors (Lipinski definition) is 1. The summed E-state index contributed by atoms with van der Waals surface area (Å²) >= 11 is 0. The van der Waals surface area contributed by atoms with Gasteiger partial charge in [0.1, 0.15) is 5.82 Å². The average Bonchev–Trinajstić information content (AvgIpc) is 2.30. The lowest BCUT2D eigenvalue weighted by molar-refractivity contribution is 0.0771. The predicted molar refractivity (Wildman–Crippen MR) is 67.3 cm³/mol. The van der Waals surface area contributed by atoms with Crippen LogP contribution in [0.25, 0.3) is 6.08 Å². The monoisotopic (exact) mass is 235 g/mol. The molecule has 0 spiro atoms. The fourth-order valence-corrected chi connectivity index (χ4v) is 2.08. The first kappa shape index (κ1) is 12.3. The van der Waals surface area contributed by atoms with Gasteiger partial charge in [-0.25, -0.2) is 4.39 Å². The zero-order chi connectivity index (χ0) is 12.1. The molecule has 17 heavy (non-hydrogen) atoms. The van der Waals surface area contributed by atoms with Gasteiger partial charge in [-0.15, -0.1) is 0 Å². The Balaban J connectivity index is 1.96. The third-order valence-electron chi connectivity index (χ3n) is 2.83. The highest BCUT2D eigenvalue weighted by atomic mass is 19.1. The van der Waals surface area contributed by atoms with Crippen LogP contribution < -0.4 is 5.32 Å². The average molecular weight is 235 g/mol. The first-order chi connectivity index (χ1) is 8.24. The molecule has 0 bridgehead atoms. The molecule has 0 aromatic heterocycles. The topological polar surface area (TPSA) is 21.3 Å². The van der Waals surface area contributed by atoms with Crippen LogP contribution in [0, 0.1) is 5.82 Å². The van der Waals surface area contributed by atoms with E-state index in [1.54, 1.807) is 12.1 Å². The Kier molecular flexibility index (Phi) is 4.29. The predicted octanol–water partition coefficient (Wildman–Crippen LogP) is 2.61. The molecule has 2 rings (SSSR count). The first-order valence-electron chi connectivity index (χ1n) is 5.98. The summed E-state index contributed by atoms with van der Waals surface area (Å²) in [6, 6.07) is 7.04. The molecule has 1 atom stereocenters. The van der Waals surface area contributed by atoms with Gasteiger partial charge < -0.3 is 10.1 Å². The Morgan fingerprint density at radius 3 is 3.18 bits per heavy atom. The van der Waals surface area contributed by atoms with Crippen LogP contribution in [0.2, 0.25) is 0 Å². The second kappa shape index (κ2) is 5.94. The second-order valence-corrected chi connectivity index (χ2v) is 4.48. The van der Waals surface area contributed by atoms with Gasteiger partial charge in [0, 0.05) is 12.6 Å². The molecule has 1 aliphatic heterocycles. The quantitative estimate of drug-likeness (QED) is 0.869. The minimum Gasteiger partial charge on any atom is -0.379 e. The summed E-state index contributed by atoms with van der Waals surface area (Å²) in [5.41, 5.74) is 2.15. The summed E-state index contributed by atoms with van der Waals surface area (Å²) in [6.07, 6.45) is 2.97. The number of nitrogens with one attached hydrogen (secondary N) is 1. The molecule has 0 amide bonds. The molecule has 0 aliphatic carbocycles. The molecule has 0 radical (unpaired) electrons. The smallest absolute Gasteiger partial charge is 0.123 e. The van der Waals surface area contributed by atoms with Crippen molar-refractivity contribution in [2.75, 3.05) is 19.8 Å². The number of halogens is 1. The maximum atomic E-state index is 13.0. The number of rotatable bonds is 3. The lowest BCUT2D eigenvalue weighted by Crippen LogP contribution is -2.41. The molecule has 1 aromatic carbocycles. The van der Waals surface area contributed by atoms with Crippen LogP contribution in [0.4, 0.5) is 4.39 Å². The number of benzene rings is 1. The summed E-state index contributed by atoms with van der Waals surface area (Å²) in [5.74, 6) is -0.189. The van der Waals surface area contributed by atoms with Gasteiger partial charge in [-0.3, -0.25) is 0 Å². The van der Waals surface area contributed by atoms with E-state index < -0.39 is 0 Å². The zero-order valence-electron chi connectivity index (χ0n) is 10.1. The van der Waals surface area contributed by atoms with Crippen molar-refractivity contribution in [3.8, 4) is 0 Å². The van der Waals surface area contributed by atoms with Gasteiger partial charge in [0.2, 0.25) is 0 Å². The zero-order valence-corrected chi connectivity index (χ0v) is 10.1. The fraction of sp³-hybridized carbons (Fsp3) is 0.429. The SMILES string of the molecule is C/C(=C/c1cccc(F)c1)CC1COCCN1. The van der Waals surface area contributed by atoms with E-state index in [-0.39, 0.29) is 5.82 Å². The van der Waals surface area contributed by atoms with E-state index in [4.69, 9.17) is 4.74 Å². The fourth-order valence-electron chi connectivity index (χ4n) is 2.08. The highest BCUT2D eigenvalue weighted by Gasteiger charge is 2.12. The molecule has 0 saturated carbocycles. The molecule has 2 nitrogen and oxygen atoms in total. The van der Waals surface area contributed by atoms with Crippen molar-refractivity contribution in [1.82, 2.24) is 5.32 Å². The lowest BCUT2D eigenvalue weighted by atomic mass is 10.0. The molecule has 1 saturated heterocycles. The number of ether oxygens (including phenoxy) is 1. The summed E-state index contributed by atoms with van der Waals surface area (Å²) in [5, 5.41) is 3.41. The van der Waals surface area contributed by atoms with E-state index in [1.807, 2.05) is 12.1 Å². The van der Waals surface area contributed by atoms with Crippen molar-refractivity contribution < 1.29 is 9.13 Å². The van der Waals surface area contributed by atoms with Crippen molar-refractivity contribution in [1.29, 1.82) is 0 Å². The van der Waals surface area contributed by atoms with Crippen molar-refractivity contribution in [3.63, 3.8) is 0 Å². The third kappa shape index (κ3) is 3.95. The van der Waals surface area contributed by atoms with Gasteiger partial charge in [-0.1, -0.05) is 23.8 Å². The van der Waals surface area contributed by atoms with Gasteiger partial charge in [-0.2, -0.15) is 0 Å². The summed E-state index contributed by atoms with van der Waals surface area (Å²) < 4.78 is 18.4. The van der Waals surface area contributed by atoms with Crippen molar-refractivity contribution in [3.05, 3.63) is 41.2 Å². The van der Waals surface area contributed by atoms with Crippen LogP contribution >= 0.6 is 0 Å². The number of hydrogen-bond acceptors (Lipinski definition) is 2. The van der Waals surface area contributed by atoms with E-state index in [2.05, 4.69) is 12.2 Å². The van der Waals surface area contributed by atoms with Gasteiger partial charge >= 0.3 is 0 Å². The normalized spacial score (nSPS) is 21.5. The van der Waals surface area contributed by atoms with Crippen LogP contribution in [0.5, 0.6) is 0 Å². The molecule has 1 heterocycles. The Morgan fingerprint density at radius 1 is 1.59 bits per heavy atom. The van der Waals surface area contributed by atoms with E-state index in [1.165, 1.54) is 11.6 Å². The van der Waals surface area contributed by atoms with E-state index in [9.17, 15) is 4.39 Å². The molecule has 1 N–H and O–H groups in total. The molecule has 1 fully saturated rings. The molecule has 1 unspecified atom stereocenters. The lowest BCUT2D eigenvalue weighted by Gasteiger charge is -2.24. The van der Waals surface area contributed by atoms with Crippen molar-refractivity contribution in [2.45, 2.75) is 19.4 Å². The Bertz CT molecular complexity index is 397. The van der Waals surface area contributed by atoms with Crippen LogP contribution in [0.3, 0.4) is 0 Å². The van der Waals surface area contributed by atoms with Crippen molar-refractivity contribution in [2.24, 2.45) is 0 Å². The molecule has 1 aromatic rings. The van der Waals surface area contributed by atoms with Crippen LogP contribution in [-0.4, -0.2) is 25.8 Å². The minimum absolute atomic E-state index is 0.189. The van der Waals surface area contributed by atoms with E-state index >= 15 is 0 Å². The van der Waals surface area contributed by atoms with Gasteiger partial charge in [0.15, 0.2) is 0 Å². The van der Waals surface area contributed by atoms with Gasteiger partial charge in [-0.05, 0) is 31.0 Å². The second-order valence-electron chi connectivity index (χ2n) is 4.48. The van der Waals surface area contributed by atoms with Gasteiger partial charge in [0.25, 0.3) is 0 Å². The van der Waals surface area contributed by atoms with Crippen LogP contribution in [0.1, 0.15) is 18.9 Å². The largest absolute Gasteiger partial charge is 0.379 e. The standard InChI is InChI=1S/C14H18FNO/c1-11(8-14-10-17-6-5-16-14)7-12-3-2-4-13(15)9-12/h2-4,7,9,14,16H,5-6,8,10H2,1H3/b11-7-. The summed E-state index contributed by atoms with van der Waals surface area (Å²) in [7, 11) is 0. The van der Waals surface area contributed by atoms with E-state index in [0.29, 0.717) is 6.04 Å². The third-order valence-corrected chi connectivity index (χ3v) is 2.83. The molecule has 3 heteroatoms. The minimum atomic E-state index is -0.189. The van der Waals surface area contributed by atoms with Gasteiger partial charge in [0.05, 0.1) is 13.2 Å². The molecule has 1 aliphatic rings. The highest BCUT2D eigenvalue weighted by Crippen LogP contribution is 2.13. The number of morpholine rings is 1. The Hall–Kier alpha value is -1.19. The first-order valence-corrected chi connectivity index (χ1v) is 5.98. The Morgan fingerprint density at radius 2 is 2.47 bits per heavy atom. The summed E-state index contributed by atoms with van der Waals surface area (Å²) in [6.45, 7) is 4.54. The molecule has 92 valence electrons.